The first-order valence-electron chi connectivity index (χ1n) is 4.47. The van der Waals surface area contributed by atoms with Crippen LogP contribution in [-0.4, -0.2) is 12.0 Å². The molecule has 14 heavy (non-hydrogen) atoms. The predicted molar refractivity (Wildman–Crippen MR) is 42.3 cm³/mol. The third-order valence-corrected chi connectivity index (χ3v) is 3.11. The van der Waals surface area contributed by atoms with Gasteiger partial charge in [0.1, 0.15) is 0 Å². The first-order chi connectivity index (χ1) is 6.22. The molecule has 0 saturated heterocycles. The van der Waals surface area contributed by atoms with Crippen LogP contribution in [0.3, 0.4) is 0 Å². The summed E-state index contributed by atoms with van der Waals surface area (Å²) in [6.45, 7) is 0. The summed E-state index contributed by atoms with van der Waals surface area (Å²) >= 11 is 0. The quantitative estimate of drug-likeness (QED) is 0.211. The zero-order valence-corrected chi connectivity index (χ0v) is 8.09. The van der Waals surface area contributed by atoms with Gasteiger partial charge < -0.3 is 9.90 Å². The fourth-order valence-electron chi connectivity index (χ4n) is 2.15. The van der Waals surface area contributed by atoms with E-state index in [2.05, 4.69) is 10.0 Å². The van der Waals surface area contributed by atoms with Gasteiger partial charge in [0.15, 0.2) is 0 Å². The smallest absolute Gasteiger partial charge is 0.550 e. The molecule has 2 atom stereocenters. The molecule has 0 aromatic heterocycles. The van der Waals surface area contributed by atoms with E-state index >= 15 is 0 Å². The minimum absolute atomic E-state index is 0. The van der Waals surface area contributed by atoms with Crippen molar-refractivity contribution in [3.05, 3.63) is 10.4 Å². The van der Waals surface area contributed by atoms with Crippen LogP contribution in [0.15, 0.2) is 5.11 Å². The third-order valence-electron chi connectivity index (χ3n) is 3.11. The second kappa shape index (κ2) is 4.27. The molecule has 2 aliphatic carbocycles. The van der Waals surface area contributed by atoms with E-state index in [-0.39, 0.29) is 30.8 Å². The van der Waals surface area contributed by atoms with Gasteiger partial charge in [0.05, 0.1) is 0 Å². The molecular formula is C8H10LiN3O2. The summed E-state index contributed by atoms with van der Waals surface area (Å²) in [6.07, 6.45) is 2.48. The van der Waals surface area contributed by atoms with E-state index in [1.165, 1.54) is 0 Å². The number of aliphatic carboxylic acids is 1. The van der Waals surface area contributed by atoms with E-state index in [4.69, 9.17) is 5.53 Å². The Bertz CT molecular complexity index is 284. The van der Waals surface area contributed by atoms with Gasteiger partial charge in [-0.25, -0.2) is 0 Å². The average molecular weight is 187 g/mol. The Morgan fingerprint density at radius 1 is 1.43 bits per heavy atom. The normalized spacial score (nSPS) is 38.6. The molecule has 5 nitrogen and oxygen atoms in total. The number of hydrogen-bond acceptors (Lipinski definition) is 3. The molecule has 70 valence electrons. The zero-order chi connectivity index (χ0) is 9.42. The molecule has 0 spiro atoms. The molecule has 2 saturated carbocycles. The summed E-state index contributed by atoms with van der Waals surface area (Å²) in [6, 6.07) is 0.109. The number of azide groups is 1. The number of hydrogen-bond donors (Lipinski definition) is 0. The SMILES string of the molecule is [Li+].[N-]=[N+]=NC1CC(C2CC2C(=O)[O-])C1. The molecule has 0 radical (unpaired) electrons. The van der Waals surface area contributed by atoms with Crippen LogP contribution in [0.5, 0.6) is 0 Å². The zero-order valence-electron chi connectivity index (χ0n) is 8.09. The largest absolute Gasteiger partial charge is 1.00 e. The van der Waals surface area contributed by atoms with E-state index in [1.807, 2.05) is 0 Å². The topological polar surface area (TPSA) is 88.9 Å². The molecule has 0 bridgehead atoms. The Hall–Kier alpha value is -0.623. The number of carboxylic acid groups (broad SMARTS) is 1. The Kier molecular flexibility index (Phi) is 3.49. The molecule has 6 heteroatoms. The van der Waals surface area contributed by atoms with Crippen LogP contribution in [0, 0.1) is 17.8 Å². The van der Waals surface area contributed by atoms with Gasteiger partial charge in [-0.1, -0.05) is 5.11 Å². The van der Waals surface area contributed by atoms with Crippen molar-refractivity contribution < 1.29 is 28.8 Å². The number of nitrogens with zero attached hydrogens (tertiary/aromatic N) is 3. The van der Waals surface area contributed by atoms with Crippen LogP contribution in [0.4, 0.5) is 0 Å². The minimum atomic E-state index is -0.919. The Labute approximate surface area is 93.7 Å². The van der Waals surface area contributed by atoms with Crippen LogP contribution in [0.2, 0.25) is 0 Å². The van der Waals surface area contributed by atoms with Gasteiger partial charge in [-0.3, -0.25) is 0 Å². The van der Waals surface area contributed by atoms with Gasteiger partial charge in [0.2, 0.25) is 0 Å². The van der Waals surface area contributed by atoms with E-state index in [9.17, 15) is 9.90 Å². The molecule has 0 heterocycles. The van der Waals surface area contributed by atoms with Gasteiger partial charge in [-0.2, -0.15) is 0 Å². The maximum absolute atomic E-state index is 10.4. The predicted octanol–water partition coefficient (Wildman–Crippen LogP) is -2.53. The first-order valence-corrected chi connectivity index (χ1v) is 4.47. The fraction of sp³-hybridized carbons (Fsp3) is 0.875. The van der Waals surface area contributed by atoms with E-state index in [0.29, 0.717) is 11.8 Å². The summed E-state index contributed by atoms with van der Waals surface area (Å²) in [5.74, 6) is -0.386. The second-order valence-corrected chi connectivity index (χ2v) is 3.92. The van der Waals surface area contributed by atoms with Crippen molar-refractivity contribution in [1.82, 2.24) is 0 Å². The monoisotopic (exact) mass is 187 g/mol. The van der Waals surface area contributed by atoms with E-state index < -0.39 is 5.97 Å². The van der Waals surface area contributed by atoms with Gasteiger partial charge >= 0.3 is 18.9 Å². The summed E-state index contributed by atoms with van der Waals surface area (Å²) in [5, 5.41) is 14.0. The summed E-state index contributed by atoms with van der Waals surface area (Å²) in [5.41, 5.74) is 8.14. The first kappa shape index (κ1) is 11.5. The van der Waals surface area contributed by atoms with Gasteiger partial charge in [-0.05, 0) is 36.6 Å². The van der Waals surface area contributed by atoms with Crippen molar-refractivity contribution in [3.8, 4) is 0 Å². The van der Waals surface area contributed by atoms with Crippen LogP contribution in [0.25, 0.3) is 10.4 Å². The average Bonchev–Trinajstić information content (AvgIpc) is 2.74. The van der Waals surface area contributed by atoms with Gasteiger partial charge in [-0.15, -0.1) is 0 Å². The Morgan fingerprint density at radius 2 is 2.07 bits per heavy atom. The maximum atomic E-state index is 10.4. The number of carboxylic acids is 1. The summed E-state index contributed by atoms with van der Waals surface area (Å²) in [4.78, 5) is 13.2. The van der Waals surface area contributed by atoms with Crippen molar-refractivity contribution >= 4 is 5.97 Å². The van der Waals surface area contributed by atoms with Crippen molar-refractivity contribution in [1.29, 1.82) is 0 Å². The molecule has 0 aromatic rings. The molecule has 0 aliphatic heterocycles. The van der Waals surface area contributed by atoms with Gasteiger partial charge in [0, 0.05) is 22.8 Å². The second-order valence-electron chi connectivity index (χ2n) is 3.92. The van der Waals surface area contributed by atoms with Gasteiger partial charge in [0.25, 0.3) is 0 Å². The number of carbonyl (C=O) groups excluding carboxylic acids is 1. The van der Waals surface area contributed by atoms with Crippen LogP contribution < -0.4 is 24.0 Å². The number of carbonyl (C=O) groups is 1. The molecule has 0 amide bonds. The Balaban J connectivity index is 0.000000980. The van der Waals surface area contributed by atoms with Crippen LogP contribution >= 0.6 is 0 Å². The van der Waals surface area contributed by atoms with Crippen molar-refractivity contribution in [3.63, 3.8) is 0 Å². The molecular weight excluding hydrogens is 177 g/mol. The number of rotatable bonds is 3. The van der Waals surface area contributed by atoms with Crippen molar-refractivity contribution in [2.75, 3.05) is 0 Å². The third kappa shape index (κ3) is 2.06. The molecule has 2 unspecified atom stereocenters. The summed E-state index contributed by atoms with van der Waals surface area (Å²) < 4.78 is 0. The molecule has 2 aliphatic rings. The van der Waals surface area contributed by atoms with Crippen LogP contribution in [-0.2, 0) is 4.79 Å². The molecule has 0 aromatic carbocycles. The van der Waals surface area contributed by atoms with E-state index in [1.54, 1.807) is 0 Å². The molecule has 0 N–H and O–H groups in total. The van der Waals surface area contributed by atoms with E-state index in [0.717, 1.165) is 19.3 Å². The van der Waals surface area contributed by atoms with Crippen LogP contribution in [0.1, 0.15) is 19.3 Å². The molecule has 2 rings (SSSR count). The van der Waals surface area contributed by atoms with Crippen molar-refractivity contribution in [2.24, 2.45) is 22.9 Å². The Morgan fingerprint density at radius 3 is 2.50 bits per heavy atom. The standard InChI is InChI=1S/C8H11N3O2.Li/c9-11-10-5-1-4(2-5)6-3-7(6)8(12)13;/h4-7H,1-3H2,(H,12,13);/q;+1/p-1. The minimum Gasteiger partial charge on any atom is -0.550 e. The maximum Gasteiger partial charge on any atom is 1.00 e. The molecule has 2 fully saturated rings. The summed E-state index contributed by atoms with van der Waals surface area (Å²) in [7, 11) is 0. The fourth-order valence-corrected chi connectivity index (χ4v) is 2.15. The van der Waals surface area contributed by atoms with Crippen molar-refractivity contribution in [2.45, 2.75) is 25.3 Å².